The molecule has 2 aromatic rings. The number of nitriles is 2. The van der Waals surface area contributed by atoms with Crippen LogP contribution in [0, 0.1) is 28.6 Å². The van der Waals surface area contributed by atoms with Crippen molar-refractivity contribution in [2.45, 2.75) is 31.0 Å². The van der Waals surface area contributed by atoms with Crippen LogP contribution in [0.2, 0.25) is 0 Å². The average molecular weight is 443 g/mol. The van der Waals surface area contributed by atoms with Crippen molar-refractivity contribution in [3.05, 3.63) is 59.7 Å². The van der Waals surface area contributed by atoms with Crippen LogP contribution in [-0.4, -0.2) is 60.5 Å². The van der Waals surface area contributed by atoms with Crippen LogP contribution in [0.5, 0.6) is 0 Å². The molecule has 0 aromatic heterocycles. The molecule has 1 saturated heterocycles. The first-order chi connectivity index (χ1) is 15.9. The van der Waals surface area contributed by atoms with Gasteiger partial charge in [-0.2, -0.15) is 10.5 Å². The van der Waals surface area contributed by atoms with Gasteiger partial charge in [0.1, 0.15) is 11.6 Å². The summed E-state index contributed by atoms with van der Waals surface area (Å²) >= 11 is 0. The minimum atomic E-state index is -1.15. The molecule has 170 valence electrons. The molecule has 1 heterocycles. The highest BCUT2D eigenvalue weighted by atomic mass is 16.2. The molecule has 2 fully saturated rings. The molecule has 2 aliphatic rings. The molecule has 1 saturated carbocycles. The molecule has 33 heavy (non-hydrogen) atoms. The van der Waals surface area contributed by atoms with Gasteiger partial charge in [-0.05, 0) is 35.7 Å². The highest BCUT2D eigenvalue weighted by molar-refractivity contribution is 5.91. The molecule has 0 radical (unpaired) electrons. The molecule has 1 aliphatic heterocycles. The Kier molecular flexibility index (Phi) is 6.76. The minimum Gasteiger partial charge on any atom is -0.338 e. The Balaban J connectivity index is 1.32. The number of carbonyl (C=O) groups excluding carboxylic acids is 1. The van der Waals surface area contributed by atoms with Crippen LogP contribution in [0.15, 0.2) is 48.5 Å². The molecule has 0 bridgehead atoms. The Labute approximate surface area is 195 Å². The smallest absolute Gasteiger partial charge is 0.242 e. The molecule has 3 N–H and O–H groups in total. The van der Waals surface area contributed by atoms with E-state index in [1.54, 1.807) is 0 Å². The molecule has 7 heteroatoms. The Bertz CT molecular complexity index is 1060. The fraction of sp³-hybridized carbons (Fsp3) is 0.423. The Morgan fingerprint density at radius 2 is 1.64 bits per heavy atom. The van der Waals surface area contributed by atoms with E-state index in [4.69, 9.17) is 11.0 Å². The van der Waals surface area contributed by atoms with Crippen LogP contribution in [-0.2, 0) is 17.8 Å². The number of hydrogen-bond acceptors (Lipinski definition) is 6. The summed E-state index contributed by atoms with van der Waals surface area (Å²) in [5, 5.41) is 21.1. The normalized spacial score (nSPS) is 23.8. The van der Waals surface area contributed by atoms with E-state index in [0.717, 1.165) is 49.4 Å². The number of likely N-dealkylation sites (N-methyl/N-ethyl adjacent to an activating group) is 1. The summed E-state index contributed by atoms with van der Waals surface area (Å²) in [7, 11) is 2.17. The maximum Gasteiger partial charge on any atom is 0.242 e. The average Bonchev–Trinajstić information content (AvgIpc) is 3.53. The zero-order valence-corrected chi connectivity index (χ0v) is 19.0. The van der Waals surface area contributed by atoms with Gasteiger partial charge in [-0.25, -0.2) is 0 Å². The molecule has 3 unspecified atom stereocenters. The van der Waals surface area contributed by atoms with E-state index in [9.17, 15) is 10.1 Å². The lowest BCUT2D eigenvalue weighted by molar-refractivity contribution is -0.123. The van der Waals surface area contributed by atoms with Crippen molar-refractivity contribution in [1.29, 1.82) is 10.5 Å². The molecule has 1 amide bonds. The quantitative estimate of drug-likeness (QED) is 0.678. The predicted octanol–water partition coefficient (Wildman–Crippen LogP) is 1.89. The van der Waals surface area contributed by atoms with E-state index in [1.807, 2.05) is 30.3 Å². The molecule has 4 rings (SSSR count). The molecule has 3 atom stereocenters. The second kappa shape index (κ2) is 9.72. The van der Waals surface area contributed by atoms with Gasteiger partial charge in [0.15, 0.2) is 0 Å². The number of rotatable bonds is 7. The standard InChI is InChI=1S/C26H30N6O/c1-31-10-12-32(13-11-31)18-20-4-8-22(9-5-20)21-6-2-19(3-7-21)14-24(17-28)30-25(33)26(29)15-23(26)16-27/h2-9,23-24H,10-15,18,29H2,1H3,(H,30,33). The van der Waals surface area contributed by atoms with E-state index in [0.29, 0.717) is 12.8 Å². The highest BCUT2D eigenvalue weighted by Gasteiger charge is 2.58. The van der Waals surface area contributed by atoms with Crippen LogP contribution < -0.4 is 11.1 Å². The van der Waals surface area contributed by atoms with Gasteiger partial charge in [-0.1, -0.05) is 48.5 Å². The number of hydrogen-bond donors (Lipinski definition) is 2. The Hall–Kier alpha value is -3.23. The Morgan fingerprint density at radius 1 is 1.06 bits per heavy atom. The summed E-state index contributed by atoms with van der Waals surface area (Å²) in [6, 6.07) is 20.2. The van der Waals surface area contributed by atoms with Crippen molar-refractivity contribution >= 4 is 5.91 Å². The second-order valence-corrected chi connectivity index (χ2v) is 9.26. The van der Waals surface area contributed by atoms with Crippen LogP contribution in [0.1, 0.15) is 17.5 Å². The number of carbonyl (C=O) groups is 1. The zero-order chi connectivity index (χ0) is 23.4. The third-order valence-electron chi connectivity index (χ3n) is 6.73. The molecular formula is C26H30N6O. The van der Waals surface area contributed by atoms with Crippen molar-refractivity contribution in [3.63, 3.8) is 0 Å². The van der Waals surface area contributed by atoms with E-state index in [-0.39, 0.29) is 0 Å². The summed E-state index contributed by atoms with van der Waals surface area (Å²) < 4.78 is 0. The summed E-state index contributed by atoms with van der Waals surface area (Å²) in [6.45, 7) is 5.43. The summed E-state index contributed by atoms with van der Waals surface area (Å²) in [5.74, 6) is -0.891. The van der Waals surface area contributed by atoms with Gasteiger partial charge in [0.25, 0.3) is 0 Å². The van der Waals surface area contributed by atoms with Crippen molar-refractivity contribution in [2.24, 2.45) is 11.7 Å². The number of amides is 1. The van der Waals surface area contributed by atoms with Crippen molar-refractivity contribution in [1.82, 2.24) is 15.1 Å². The van der Waals surface area contributed by atoms with Crippen LogP contribution in [0.4, 0.5) is 0 Å². The molecule has 7 nitrogen and oxygen atoms in total. The van der Waals surface area contributed by atoms with Crippen LogP contribution in [0.25, 0.3) is 11.1 Å². The largest absolute Gasteiger partial charge is 0.338 e. The number of piperazine rings is 1. The monoisotopic (exact) mass is 442 g/mol. The summed E-state index contributed by atoms with van der Waals surface area (Å²) in [4.78, 5) is 17.2. The maximum atomic E-state index is 12.3. The van der Waals surface area contributed by atoms with Crippen molar-refractivity contribution in [3.8, 4) is 23.3 Å². The molecule has 2 aromatic carbocycles. The van der Waals surface area contributed by atoms with Gasteiger partial charge in [0, 0.05) is 39.1 Å². The van der Waals surface area contributed by atoms with Gasteiger partial charge >= 0.3 is 0 Å². The van der Waals surface area contributed by atoms with Gasteiger partial charge < -0.3 is 16.0 Å². The van der Waals surface area contributed by atoms with Gasteiger partial charge in [0.05, 0.1) is 18.1 Å². The SMILES string of the molecule is CN1CCN(Cc2ccc(-c3ccc(CC(C#N)NC(=O)C4(N)CC4C#N)cc3)cc2)CC1. The second-order valence-electron chi connectivity index (χ2n) is 9.26. The lowest BCUT2D eigenvalue weighted by Gasteiger charge is -2.32. The first-order valence-corrected chi connectivity index (χ1v) is 11.4. The fourth-order valence-corrected chi connectivity index (χ4v) is 4.25. The van der Waals surface area contributed by atoms with Crippen LogP contribution in [0.3, 0.4) is 0 Å². The lowest BCUT2D eigenvalue weighted by Crippen LogP contribution is -2.48. The fourth-order valence-electron chi connectivity index (χ4n) is 4.25. The number of nitrogens with two attached hydrogens (primary N) is 1. The van der Waals surface area contributed by atoms with Crippen LogP contribution >= 0.6 is 0 Å². The molecular weight excluding hydrogens is 412 g/mol. The van der Waals surface area contributed by atoms with E-state index in [1.165, 1.54) is 5.56 Å². The number of nitrogens with zero attached hydrogens (tertiary/aromatic N) is 4. The first-order valence-electron chi connectivity index (χ1n) is 11.4. The van der Waals surface area contributed by atoms with Crippen molar-refractivity contribution in [2.75, 3.05) is 33.2 Å². The maximum absolute atomic E-state index is 12.3. The summed E-state index contributed by atoms with van der Waals surface area (Å²) in [6.07, 6.45) is 0.732. The van der Waals surface area contributed by atoms with Gasteiger partial charge in [-0.15, -0.1) is 0 Å². The topological polar surface area (TPSA) is 109 Å². The van der Waals surface area contributed by atoms with Gasteiger partial charge in [0.2, 0.25) is 5.91 Å². The van der Waals surface area contributed by atoms with Gasteiger partial charge in [-0.3, -0.25) is 9.69 Å². The zero-order valence-electron chi connectivity index (χ0n) is 19.0. The van der Waals surface area contributed by atoms with E-state index in [2.05, 4.69) is 52.5 Å². The highest BCUT2D eigenvalue weighted by Crippen LogP contribution is 2.40. The molecule has 1 aliphatic carbocycles. The first kappa shape index (κ1) is 22.9. The third kappa shape index (κ3) is 5.40. The minimum absolute atomic E-state index is 0.344. The van der Waals surface area contributed by atoms with Crippen molar-refractivity contribution < 1.29 is 4.79 Å². The number of nitrogens with one attached hydrogen (secondary N) is 1. The number of benzene rings is 2. The summed E-state index contributed by atoms with van der Waals surface area (Å²) in [5.41, 5.74) is 9.33. The van der Waals surface area contributed by atoms with E-state index < -0.39 is 23.4 Å². The lowest BCUT2D eigenvalue weighted by atomic mass is 10.00. The predicted molar refractivity (Wildman–Crippen MR) is 127 cm³/mol. The van der Waals surface area contributed by atoms with E-state index >= 15 is 0 Å². The third-order valence-corrected chi connectivity index (χ3v) is 6.73. The molecule has 0 spiro atoms. The Morgan fingerprint density at radius 3 is 2.15 bits per heavy atom.